The normalized spacial score (nSPS) is 12.2. The molecule has 0 aromatic heterocycles. The number of nitrogens with two attached hydrogens (primary N) is 1. The van der Waals surface area contributed by atoms with Gasteiger partial charge in [0.2, 0.25) is 0 Å². The van der Waals surface area contributed by atoms with Crippen molar-refractivity contribution in [2.45, 2.75) is 6.04 Å². The maximum atomic E-state index is 12.7. The van der Waals surface area contributed by atoms with E-state index >= 15 is 0 Å². The maximum Gasteiger partial charge on any atom is 0.127 e. The van der Waals surface area contributed by atoms with Crippen LogP contribution >= 0.6 is 0 Å². The van der Waals surface area contributed by atoms with E-state index in [9.17, 15) is 4.39 Å². The van der Waals surface area contributed by atoms with E-state index in [-0.39, 0.29) is 12.4 Å². The van der Waals surface area contributed by atoms with E-state index in [0.717, 1.165) is 5.56 Å². The SMILES string of the molecule is N[C@@H](CO)c1cccc(Oc2ccc(F)cc2)c1. The molecule has 0 aliphatic rings. The molecule has 0 aliphatic heterocycles. The first kappa shape index (κ1) is 12.5. The lowest BCUT2D eigenvalue weighted by Crippen LogP contribution is -2.14. The van der Waals surface area contributed by atoms with Crippen molar-refractivity contribution < 1.29 is 14.2 Å². The van der Waals surface area contributed by atoms with Gasteiger partial charge in [-0.1, -0.05) is 12.1 Å². The van der Waals surface area contributed by atoms with Crippen molar-refractivity contribution in [1.29, 1.82) is 0 Å². The summed E-state index contributed by atoms with van der Waals surface area (Å²) in [6.45, 7) is -0.125. The summed E-state index contributed by atoms with van der Waals surface area (Å²) in [7, 11) is 0. The molecule has 0 fully saturated rings. The number of aliphatic hydroxyl groups is 1. The minimum absolute atomic E-state index is 0.125. The quantitative estimate of drug-likeness (QED) is 0.873. The Morgan fingerprint density at radius 2 is 1.83 bits per heavy atom. The van der Waals surface area contributed by atoms with Crippen LogP contribution in [0.2, 0.25) is 0 Å². The van der Waals surface area contributed by atoms with E-state index in [2.05, 4.69) is 0 Å². The second kappa shape index (κ2) is 5.62. The van der Waals surface area contributed by atoms with Gasteiger partial charge >= 0.3 is 0 Å². The van der Waals surface area contributed by atoms with Crippen LogP contribution in [-0.2, 0) is 0 Å². The van der Waals surface area contributed by atoms with Crippen molar-refractivity contribution in [2.24, 2.45) is 5.73 Å². The third kappa shape index (κ3) is 3.06. The lowest BCUT2D eigenvalue weighted by Gasteiger charge is -2.11. The zero-order chi connectivity index (χ0) is 13.0. The molecular weight excluding hydrogens is 233 g/mol. The third-order valence-electron chi connectivity index (χ3n) is 2.53. The molecule has 2 aromatic carbocycles. The van der Waals surface area contributed by atoms with E-state index in [1.807, 2.05) is 6.07 Å². The molecule has 94 valence electrons. The first-order chi connectivity index (χ1) is 8.69. The molecule has 18 heavy (non-hydrogen) atoms. The highest BCUT2D eigenvalue weighted by molar-refractivity contribution is 5.35. The van der Waals surface area contributed by atoms with Gasteiger partial charge in [0.25, 0.3) is 0 Å². The monoisotopic (exact) mass is 247 g/mol. The first-order valence-corrected chi connectivity index (χ1v) is 5.59. The molecule has 3 nitrogen and oxygen atoms in total. The van der Waals surface area contributed by atoms with Gasteiger partial charge in [-0.05, 0) is 42.0 Å². The fourth-order valence-electron chi connectivity index (χ4n) is 1.55. The third-order valence-corrected chi connectivity index (χ3v) is 2.53. The van der Waals surface area contributed by atoms with Gasteiger partial charge < -0.3 is 15.6 Å². The predicted octanol–water partition coefficient (Wildman–Crippen LogP) is 2.61. The zero-order valence-electron chi connectivity index (χ0n) is 9.71. The number of rotatable bonds is 4. The lowest BCUT2D eigenvalue weighted by molar-refractivity contribution is 0.268. The van der Waals surface area contributed by atoms with Gasteiger partial charge in [0.15, 0.2) is 0 Å². The summed E-state index contributed by atoms with van der Waals surface area (Å²) >= 11 is 0. The molecule has 0 heterocycles. The van der Waals surface area contributed by atoms with Crippen LogP contribution in [0.5, 0.6) is 11.5 Å². The molecule has 1 atom stereocenters. The van der Waals surface area contributed by atoms with Crippen LogP contribution in [0.4, 0.5) is 4.39 Å². The summed E-state index contributed by atoms with van der Waals surface area (Å²) in [5.74, 6) is 0.840. The predicted molar refractivity (Wildman–Crippen MR) is 66.9 cm³/mol. The molecule has 0 unspecified atom stereocenters. The Morgan fingerprint density at radius 3 is 2.50 bits per heavy atom. The van der Waals surface area contributed by atoms with Gasteiger partial charge in [-0.2, -0.15) is 0 Å². The van der Waals surface area contributed by atoms with Crippen LogP contribution in [0.15, 0.2) is 48.5 Å². The molecule has 2 aromatic rings. The Kier molecular flexibility index (Phi) is 3.92. The van der Waals surface area contributed by atoms with Gasteiger partial charge in [-0.15, -0.1) is 0 Å². The van der Waals surface area contributed by atoms with Crippen molar-refractivity contribution in [2.75, 3.05) is 6.61 Å². The molecule has 0 saturated carbocycles. The van der Waals surface area contributed by atoms with Gasteiger partial charge in [0.05, 0.1) is 12.6 Å². The van der Waals surface area contributed by atoms with Crippen LogP contribution in [0.25, 0.3) is 0 Å². The smallest absolute Gasteiger partial charge is 0.127 e. The van der Waals surface area contributed by atoms with Crippen molar-refractivity contribution in [3.63, 3.8) is 0 Å². The van der Waals surface area contributed by atoms with Crippen molar-refractivity contribution >= 4 is 0 Å². The van der Waals surface area contributed by atoms with Crippen molar-refractivity contribution in [1.82, 2.24) is 0 Å². The molecular formula is C14H14FNO2. The molecule has 0 saturated heterocycles. The molecule has 0 spiro atoms. The lowest BCUT2D eigenvalue weighted by atomic mass is 10.1. The minimum atomic E-state index is -0.429. The van der Waals surface area contributed by atoms with Crippen molar-refractivity contribution in [3.05, 3.63) is 59.9 Å². The Bertz CT molecular complexity index is 513. The average Bonchev–Trinajstić information content (AvgIpc) is 2.41. The minimum Gasteiger partial charge on any atom is -0.457 e. The first-order valence-electron chi connectivity index (χ1n) is 5.59. The molecule has 2 rings (SSSR count). The van der Waals surface area contributed by atoms with Gasteiger partial charge in [-0.25, -0.2) is 4.39 Å². The molecule has 0 aliphatic carbocycles. The van der Waals surface area contributed by atoms with E-state index in [1.165, 1.54) is 12.1 Å². The van der Waals surface area contributed by atoms with Crippen LogP contribution < -0.4 is 10.5 Å². The maximum absolute atomic E-state index is 12.7. The molecule has 0 bridgehead atoms. The molecule has 0 radical (unpaired) electrons. The van der Waals surface area contributed by atoms with E-state index < -0.39 is 6.04 Å². The van der Waals surface area contributed by atoms with Gasteiger partial charge in [0, 0.05) is 0 Å². The largest absolute Gasteiger partial charge is 0.457 e. The summed E-state index contributed by atoms with van der Waals surface area (Å²) in [6.07, 6.45) is 0. The van der Waals surface area contributed by atoms with Gasteiger partial charge in [-0.3, -0.25) is 0 Å². The Labute approximate surface area is 105 Å². The summed E-state index contributed by atoms with van der Waals surface area (Å²) in [5, 5.41) is 8.99. The fraction of sp³-hybridized carbons (Fsp3) is 0.143. The fourth-order valence-corrected chi connectivity index (χ4v) is 1.55. The Balaban J connectivity index is 2.16. The summed E-state index contributed by atoms with van der Waals surface area (Å²) in [4.78, 5) is 0. The summed E-state index contributed by atoms with van der Waals surface area (Å²) in [6, 6.07) is 12.5. The van der Waals surface area contributed by atoms with Crippen LogP contribution in [0.1, 0.15) is 11.6 Å². The van der Waals surface area contributed by atoms with Gasteiger partial charge in [0.1, 0.15) is 17.3 Å². The highest BCUT2D eigenvalue weighted by Crippen LogP contribution is 2.24. The number of halogens is 1. The highest BCUT2D eigenvalue weighted by Gasteiger charge is 2.05. The second-order valence-electron chi connectivity index (χ2n) is 3.92. The average molecular weight is 247 g/mol. The van der Waals surface area contributed by atoms with E-state index in [4.69, 9.17) is 15.6 Å². The zero-order valence-corrected chi connectivity index (χ0v) is 9.71. The summed E-state index contributed by atoms with van der Waals surface area (Å²) in [5.41, 5.74) is 6.51. The van der Waals surface area contributed by atoms with Crippen LogP contribution in [0.3, 0.4) is 0 Å². The summed E-state index contributed by atoms with van der Waals surface area (Å²) < 4.78 is 18.3. The van der Waals surface area contributed by atoms with Crippen LogP contribution in [0, 0.1) is 5.82 Å². The molecule has 4 heteroatoms. The number of hydrogen-bond donors (Lipinski definition) is 2. The van der Waals surface area contributed by atoms with Crippen LogP contribution in [-0.4, -0.2) is 11.7 Å². The number of benzene rings is 2. The number of hydrogen-bond acceptors (Lipinski definition) is 3. The van der Waals surface area contributed by atoms with E-state index in [1.54, 1.807) is 30.3 Å². The van der Waals surface area contributed by atoms with E-state index in [0.29, 0.717) is 11.5 Å². The topological polar surface area (TPSA) is 55.5 Å². The van der Waals surface area contributed by atoms with Crippen molar-refractivity contribution in [3.8, 4) is 11.5 Å². The molecule has 0 amide bonds. The highest BCUT2D eigenvalue weighted by atomic mass is 19.1. The standard InChI is InChI=1S/C14H14FNO2/c15-11-4-6-12(7-5-11)18-13-3-1-2-10(8-13)14(16)9-17/h1-8,14,17H,9,16H2/t14-/m0/s1. The Morgan fingerprint density at radius 1 is 1.11 bits per heavy atom. The number of ether oxygens (including phenoxy) is 1. The number of aliphatic hydroxyl groups excluding tert-OH is 1. The Hall–Kier alpha value is -1.91. The molecule has 3 N–H and O–H groups in total. The second-order valence-corrected chi connectivity index (χ2v) is 3.92.